The van der Waals surface area contributed by atoms with E-state index in [1.807, 2.05) is 18.7 Å². The van der Waals surface area contributed by atoms with Crippen LogP contribution in [0.25, 0.3) is 0 Å². The summed E-state index contributed by atoms with van der Waals surface area (Å²) in [5.74, 6) is -0.563. The van der Waals surface area contributed by atoms with Crippen molar-refractivity contribution in [3.63, 3.8) is 0 Å². The second kappa shape index (κ2) is 9.21. The third-order valence-corrected chi connectivity index (χ3v) is 6.89. The largest absolute Gasteiger partial charge is 0.326 e. The fraction of sp³-hybridized carbons (Fsp3) is 0.421. The van der Waals surface area contributed by atoms with Crippen molar-refractivity contribution in [2.24, 2.45) is 11.1 Å². The van der Waals surface area contributed by atoms with Crippen LogP contribution in [0.1, 0.15) is 23.4 Å². The van der Waals surface area contributed by atoms with E-state index in [4.69, 9.17) is 5.14 Å². The van der Waals surface area contributed by atoms with Gasteiger partial charge in [0, 0.05) is 17.1 Å². The number of nitrogens with two attached hydrogens (primary N) is 1. The third kappa shape index (κ3) is 5.85. The lowest BCUT2D eigenvalue weighted by atomic mass is 9.97. The molecule has 1 aliphatic heterocycles. The van der Waals surface area contributed by atoms with E-state index >= 15 is 0 Å². The van der Waals surface area contributed by atoms with E-state index in [1.165, 1.54) is 35.6 Å². The van der Waals surface area contributed by atoms with Crippen molar-refractivity contribution in [1.29, 1.82) is 0 Å². The molecule has 2 aromatic rings. The number of benzene rings is 1. The number of aryl methyl sites for hydroxylation is 2. The van der Waals surface area contributed by atoms with Crippen LogP contribution in [0.4, 0.5) is 10.8 Å². The summed E-state index contributed by atoms with van der Waals surface area (Å²) in [6.45, 7) is 5.28. The average Bonchev–Trinajstić information content (AvgIpc) is 2.98. The van der Waals surface area contributed by atoms with Gasteiger partial charge in [0.2, 0.25) is 21.8 Å². The zero-order valence-electron chi connectivity index (χ0n) is 16.8. The standard InChI is InChI=1S/C19H25N5O4S2/c1-12-13(2)29-19(21-12)23-17(25)11-24-9-3-4-14(10-24)18(26)22-15-5-7-16(8-6-15)30(20,27)28/h5-8,14H,3-4,9-11H2,1-2H3,(H,22,26)(H2,20,27,28)(H,21,23,25). The number of nitrogens with one attached hydrogen (secondary N) is 2. The van der Waals surface area contributed by atoms with Gasteiger partial charge in [0.05, 0.1) is 23.1 Å². The van der Waals surface area contributed by atoms with Crippen LogP contribution in [-0.4, -0.2) is 49.8 Å². The molecular formula is C19H25N5O4S2. The molecule has 1 atom stereocenters. The Balaban J connectivity index is 1.53. The highest BCUT2D eigenvalue weighted by Gasteiger charge is 2.27. The zero-order chi connectivity index (χ0) is 21.9. The highest BCUT2D eigenvalue weighted by Crippen LogP contribution is 2.22. The molecule has 9 nitrogen and oxygen atoms in total. The van der Waals surface area contributed by atoms with Crippen LogP contribution in [0.5, 0.6) is 0 Å². The van der Waals surface area contributed by atoms with Gasteiger partial charge in [-0.3, -0.25) is 14.5 Å². The van der Waals surface area contributed by atoms with Crippen molar-refractivity contribution in [3.8, 4) is 0 Å². The molecule has 162 valence electrons. The predicted molar refractivity (Wildman–Crippen MR) is 116 cm³/mol. The first-order chi connectivity index (χ1) is 14.1. The van der Waals surface area contributed by atoms with E-state index < -0.39 is 10.0 Å². The van der Waals surface area contributed by atoms with Crippen molar-refractivity contribution < 1.29 is 18.0 Å². The number of amides is 2. The summed E-state index contributed by atoms with van der Waals surface area (Å²) in [7, 11) is -3.77. The predicted octanol–water partition coefficient (Wildman–Crippen LogP) is 1.70. The monoisotopic (exact) mass is 451 g/mol. The minimum atomic E-state index is -3.77. The Morgan fingerprint density at radius 2 is 1.93 bits per heavy atom. The van der Waals surface area contributed by atoms with Gasteiger partial charge in [0.1, 0.15) is 0 Å². The third-order valence-electron chi connectivity index (χ3n) is 4.97. The Kier molecular flexibility index (Phi) is 6.86. The molecule has 1 aromatic heterocycles. The molecule has 1 aromatic carbocycles. The van der Waals surface area contributed by atoms with E-state index in [0.29, 0.717) is 17.4 Å². The minimum Gasteiger partial charge on any atom is -0.326 e. The Hall–Kier alpha value is -2.34. The lowest BCUT2D eigenvalue weighted by Crippen LogP contribution is -2.43. The number of carbonyl (C=O) groups excluding carboxylic acids is 2. The molecule has 3 rings (SSSR count). The van der Waals surface area contributed by atoms with Crippen molar-refractivity contribution >= 4 is 44.0 Å². The number of likely N-dealkylation sites (tertiary alicyclic amines) is 1. The van der Waals surface area contributed by atoms with Crippen molar-refractivity contribution in [2.75, 3.05) is 30.3 Å². The van der Waals surface area contributed by atoms with E-state index in [0.717, 1.165) is 30.0 Å². The number of aromatic nitrogens is 1. The number of sulfonamides is 1. The second-order valence-electron chi connectivity index (χ2n) is 7.34. The molecule has 1 aliphatic rings. The second-order valence-corrected chi connectivity index (χ2v) is 10.1. The quantitative estimate of drug-likeness (QED) is 0.612. The number of hydrogen-bond acceptors (Lipinski definition) is 7. The summed E-state index contributed by atoms with van der Waals surface area (Å²) >= 11 is 1.44. The molecule has 1 fully saturated rings. The van der Waals surface area contributed by atoms with Gasteiger partial charge < -0.3 is 10.6 Å². The van der Waals surface area contributed by atoms with Crippen LogP contribution < -0.4 is 15.8 Å². The number of thiazole rings is 1. The Bertz CT molecular complexity index is 1010. The number of hydrogen-bond donors (Lipinski definition) is 3. The fourth-order valence-corrected chi connectivity index (χ4v) is 4.62. The molecule has 1 unspecified atom stereocenters. The van der Waals surface area contributed by atoms with Gasteiger partial charge in [0.15, 0.2) is 5.13 Å². The van der Waals surface area contributed by atoms with E-state index in [9.17, 15) is 18.0 Å². The molecule has 2 heterocycles. The van der Waals surface area contributed by atoms with Gasteiger partial charge in [-0.2, -0.15) is 0 Å². The Morgan fingerprint density at radius 3 is 2.53 bits per heavy atom. The van der Waals surface area contributed by atoms with Gasteiger partial charge in [0.25, 0.3) is 0 Å². The van der Waals surface area contributed by atoms with Crippen LogP contribution in [0.3, 0.4) is 0 Å². The molecule has 2 amide bonds. The van der Waals surface area contributed by atoms with Gasteiger partial charge in [-0.15, -0.1) is 11.3 Å². The number of nitrogens with zero attached hydrogens (tertiary/aromatic N) is 2. The SMILES string of the molecule is Cc1nc(NC(=O)CN2CCCC(C(=O)Nc3ccc(S(N)(=O)=O)cc3)C2)sc1C. The molecule has 0 spiro atoms. The van der Waals surface area contributed by atoms with Gasteiger partial charge in [-0.1, -0.05) is 0 Å². The summed E-state index contributed by atoms with van der Waals surface area (Å²) in [5, 5.41) is 11.3. The maximum absolute atomic E-state index is 12.6. The lowest BCUT2D eigenvalue weighted by Gasteiger charge is -2.31. The molecule has 0 radical (unpaired) electrons. The first-order valence-electron chi connectivity index (χ1n) is 9.52. The molecule has 0 aliphatic carbocycles. The van der Waals surface area contributed by atoms with Crippen molar-refractivity contribution in [2.45, 2.75) is 31.6 Å². The van der Waals surface area contributed by atoms with Crippen molar-refractivity contribution in [3.05, 3.63) is 34.8 Å². The molecule has 11 heteroatoms. The Labute approximate surface area is 179 Å². The molecule has 1 saturated heterocycles. The van der Waals surface area contributed by atoms with Gasteiger partial charge in [-0.05, 0) is 57.5 Å². The zero-order valence-corrected chi connectivity index (χ0v) is 18.5. The van der Waals surface area contributed by atoms with Gasteiger partial charge in [-0.25, -0.2) is 18.5 Å². The van der Waals surface area contributed by atoms with Crippen molar-refractivity contribution in [1.82, 2.24) is 9.88 Å². The van der Waals surface area contributed by atoms with E-state index in [1.54, 1.807) is 0 Å². The maximum Gasteiger partial charge on any atom is 0.240 e. The summed E-state index contributed by atoms with van der Waals surface area (Å²) in [6.07, 6.45) is 1.54. The van der Waals surface area contributed by atoms with Crippen LogP contribution in [0, 0.1) is 19.8 Å². The minimum absolute atomic E-state index is 0.0130. The summed E-state index contributed by atoms with van der Waals surface area (Å²) in [5.41, 5.74) is 1.40. The summed E-state index contributed by atoms with van der Waals surface area (Å²) < 4.78 is 22.6. The number of anilines is 2. The molecule has 0 bridgehead atoms. The topological polar surface area (TPSA) is 134 Å². The highest BCUT2D eigenvalue weighted by atomic mass is 32.2. The van der Waals surface area contributed by atoms with Crippen LogP contribution in [0.15, 0.2) is 29.2 Å². The highest BCUT2D eigenvalue weighted by molar-refractivity contribution is 7.89. The van der Waals surface area contributed by atoms with Gasteiger partial charge >= 0.3 is 0 Å². The lowest BCUT2D eigenvalue weighted by molar-refractivity contribution is -0.123. The number of primary sulfonamides is 1. The summed E-state index contributed by atoms with van der Waals surface area (Å²) in [4.78, 5) is 32.3. The average molecular weight is 452 g/mol. The van der Waals surface area contributed by atoms with Crippen LogP contribution >= 0.6 is 11.3 Å². The number of carbonyl (C=O) groups is 2. The molecular weight excluding hydrogens is 426 g/mol. The first kappa shape index (κ1) is 22.3. The number of piperidine rings is 1. The van der Waals surface area contributed by atoms with Crippen LogP contribution in [-0.2, 0) is 19.6 Å². The van der Waals surface area contributed by atoms with E-state index in [2.05, 4.69) is 15.6 Å². The maximum atomic E-state index is 12.6. The molecule has 0 saturated carbocycles. The number of rotatable bonds is 6. The fourth-order valence-electron chi connectivity index (χ4n) is 3.27. The molecule has 4 N–H and O–H groups in total. The van der Waals surface area contributed by atoms with E-state index in [-0.39, 0.29) is 29.2 Å². The van der Waals surface area contributed by atoms with Crippen LogP contribution in [0.2, 0.25) is 0 Å². The smallest absolute Gasteiger partial charge is 0.240 e. The Morgan fingerprint density at radius 1 is 1.23 bits per heavy atom. The molecule has 30 heavy (non-hydrogen) atoms. The normalized spacial score (nSPS) is 17.5. The first-order valence-corrected chi connectivity index (χ1v) is 11.9. The summed E-state index contributed by atoms with van der Waals surface area (Å²) in [6, 6.07) is 5.71.